The van der Waals surface area contributed by atoms with Crippen molar-refractivity contribution in [1.82, 2.24) is 14.8 Å². The molecule has 5 rings (SSSR count). The van der Waals surface area contributed by atoms with Crippen molar-refractivity contribution in [3.63, 3.8) is 0 Å². The molecule has 0 aliphatic carbocycles. The van der Waals surface area contributed by atoms with Crippen molar-refractivity contribution < 1.29 is 27.5 Å². The summed E-state index contributed by atoms with van der Waals surface area (Å²) in [4.78, 5) is 36.6. The first-order valence-electron chi connectivity index (χ1n) is 13.8. The number of carbonyl (C=O) groups is 2. The Kier molecular flexibility index (Phi) is 8.61. The Morgan fingerprint density at radius 3 is 2.50 bits per heavy atom. The molecule has 2 unspecified atom stereocenters. The van der Waals surface area contributed by atoms with E-state index >= 15 is 0 Å². The minimum Gasteiger partial charge on any atom is -0.410 e. The number of hydrogen-bond acceptors (Lipinski definition) is 6. The molecule has 11 heteroatoms. The van der Waals surface area contributed by atoms with Crippen LogP contribution in [0.2, 0.25) is 0 Å². The lowest BCUT2D eigenvalue weighted by molar-refractivity contribution is -0.136. The van der Waals surface area contributed by atoms with Gasteiger partial charge in [-0.2, -0.15) is 5.26 Å². The van der Waals surface area contributed by atoms with Crippen molar-refractivity contribution >= 4 is 17.8 Å². The van der Waals surface area contributed by atoms with Crippen LogP contribution in [0.3, 0.4) is 0 Å². The lowest BCUT2D eigenvalue weighted by Gasteiger charge is -2.37. The number of rotatable bonds is 6. The number of aromatic nitrogens is 1. The third-order valence-electron chi connectivity index (χ3n) is 8.04. The Labute approximate surface area is 241 Å². The van der Waals surface area contributed by atoms with E-state index in [1.54, 1.807) is 18.0 Å². The van der Waals surface area contributed by atoms with Crippen LogP contribution in [-0.4, -0.2) is 65.5 Å². The predicted molar refractivity (Wildman–Crippen MR) is 148 cm³/mol. The molecule has 0 N–H and O–H groups in total. The van der Waals surface area contributed by atoms with Crippen molar-refractivity contribution in [3.05, 3.63) is 89.9 Å². The molecule has 218 valence electrons. The van der Waals surface area contributed by atoms with E-state index in [0.29, 0.717) is 25.1 Å². The zero-order valence-corrected chi connectivity index (χ0v) is 23.0. The number of amides is 2. The first-order chi connectivity index (χ1) is 20.3. The maximum absolute atomic E-state index is 14.3. The minimum atomic E-state index is -1.03. The molecule has 4 atom stereocenters. The molecule has 3 heterocycles. The van der Waals surface area contributed by atoms with E-state index in [1.807, 2.05) is 23.1 Å². The van der Waals surface area contributed by atoms with Gasteiger partial charge in [0.25, 0.3) is 0 Å². The van der Waals surface area contributed by atoms with Crippen LogP contribution in [0.15, 0.2) is 66.9 Å². The number of carbonyl (C=O) groups excluding carboxylic acids is 2. The number of nitriles is 1. The zero-order valence-electron chi connectivity index (χ0n) is 23.0. The topological polar surface area (TPSA) is 89.8 Å². The van der Waals surface area contributed by atoms with Gasteiger partial charge in [-0.15, -0.1) is 0 Å². The van der Waals surface area contributed by atoms with E-state index in [9.17, 15) is 28.0 Å². The summed E-state index contributed by atoms with van der Waals surface area (Å²) in [5, 5.41) is 9.97. The van der Waals surface area contributed by atoms with Crippen LogP contribution in [0, 0.1) is 40.6 Å². The zero-order chi connectivity index (χ0) is 29.8. The van der Waals surface area contributed by atoms with Crippen LogP contribution in [0.4, 0.5) is 23.8 Å². The summed E-state index contributed by atoms with van der Waals surface area (Å²) >= 11 is 0. The number of pyridine rings is 1. The summed E-state index contributed by atoms with van der Waals surface area (Å²) in [5.74, 6) is -3.54. The van der Waals surface area contributed by atoms with Gasteiger partial charge in [0, 0.05) is 44.8 Å². The van der Waals surface area contributed by atoms with Gasteiger partial charge in [0.05, 0.1) is 23.9 Å². The molecular formula is C31H30F3N5O3. The molecule has 1 aromatic heterocycles. The fourth-order valence-corrected chi connectivity index (χ4v) is 5.88. The van der Waals surface area contributed by atoms with Gasteiger partial charge in [0.2, 0.25) is 5.91 Å². The first-order valence-corrected chi connectivity index (χ1v) is 13.8. The van der Waals surface area contributed by atoms with Gasteiger partial charge in [0.1, 0.15) is 17.4 Å². The molecule has 3 aromatic rings. The van der Waals surface area contributed by atoms with Crippen molar-refractivity contribution in [2.24, 2.45) is 11.8 Å². The number of hydrogen-bond donors (Lipinski definition) is 0. The van der Waals surface area contributed by atoms with Gasteiger partial charge in [0.15, 0.2) is 11.6 Å². The average Bonchev–Trinajstić information content (AvgIpc) is 3.45. The van der Waals surface area contributed by atoms with E-state index in [4.69, 9.17) is 4.74 Å². The normalized spacial score (nSPS) is 22.0. The number of likely N-dealkylation sites (tertiary alicyclic amines) is 1. The van der Waals surface area contributed by atoms with E-state index in [-0.39, 0.29) is 31.3 Å². The van der Waals surface area contributed by atoms with Crippen molar-refractivity contribution in [1.29, 1.82) is 5.26 Å². The maximum atomic E-state index is 14.3. The third-order valence-corrected chi connectivity index (χ3v) is 8.04. The third kappa shape index (κ3) is 6.03. The van der Waals surface area contributed by atoms with E-state index in [0.717, 1.165) is 18.0 Å². The molecule has 8 nitrogen and oxygen atoms in total. The number of anilines is 1. The molecule has 0 bridgehead atoms. The molecular weight excluding hydrogens is 547 g/mol. The summed E-state index contributed by atoms with van der Waals surface area (Å²) in [7, 11) is 0. The van der Waals surface area contributed by atoms with Crippen LogP contribution in [0.25, 0.3) is 0 Å². The molecule has 42 heavy (non-hydrogen) atoms. The van der Waals surface area contributed by atoms with Crippen LogP contribution in [-0.2, 0) is 4.79 Å². The summed E-state index contributed by atoms with van der Waals surface area (Å²) in [6.07, 6.45) is 1.40. The molecule has 0 spiro atoms. The van der Waals surface area contributed by atoms with Crippen LogP contribution in [0.5, 0.6) is 5.75 Å². The van der Waals surface area contributed by atoms with E-state index in [2.05, 4.69) is 11.1 Å². The Bertz CT molecular complexity index is 1470. The Morgan fingerprint density at radius 1 is 1.05 bits per heavy atom. The lowest BCUT2D eigenvalue weighted by atomic mass is 9.85. The molecule has 2 aromatic carbocycles. The summed E-state index contributed by atoms with van der Waals surface area (Å²) in [6.45, 7) is 3.11. The molecule has 2 saturated heterocycles. The smallest absolute Gasteiger partial charge is 0.410 e. The number of likely N-dealkylation sites (N-methyl/N-ethyl adjacent to an activating group) is 1. The number of ether oxygens (including phenoxy) is 1. The standard InChI is InChI=1S/C31H30F3N5O3/c1-2-39(31(41)42-23-9-7-22(32)8-10-23)28-19-38(18-25(28)20-6-11-26(33)27(34)15-20)30(40)24-12-14-37(17-21(24)16-35)29-5-3-4-13-36-29/h3-11,13,15,21,24-25,28H,2,12,14,17-19H2,1H3/t21?,24?,25-,28+/m0/s1. The van der Waals surface area contributed by atoms with Gasteiger partial charge in [-0.1, -0.05) is 12.1 Å². The Balaban J connectivity index is 1.38. The van der Waals surface area contributed by atoms with Crippen LogP contribution in [0.1, 0.15) is 24.8 Å². The quantitative estimate of drug-likeness (QED) is 0.411. The molecule has 0 saturated carbocycles. The SMILES string of the molecule is CCN(C(=O)Oc1ccc(F)cc1)[C@@H]1CN(C(=O)C2CCN(c3ccccn3)CC2C#N)C[C@H]1c1ccc(F)c(F)c1. The molecule has 2 fully saturated rings. The van der Waals surface area contributed by atoms with Gasteiger partial charge < -0.3 is 19.4 Å². The fraction of sp³-hybridized carbons (Fsp3) is 0.355. The number of halogens is 3. The van der Waals surface area contributed by atoms with Crippen LogP contribution >= 0.6 is 0 Å². The highest BCUT2D eigenvalue weighted by Gasteiger charge is 2.45. The van der Waals surface area contributed by atoms with Crippen molar-refractivity contribution in [2.45, 2.75) is 25.3 Å². The van der Waals surface area contributed by atoms with Gasteiger partial charge in [-0.25, -0.2) is 22.9 Å². The number of nitrogens with zero attached hydrogens (tertiary/aromatic N) is 5. The Hall–Kier alpha value is -4.59. The van der Waals surface area contributed by atoms with Crippen molar-refractivity contribution in [3.8, 4) is 11.8 Å². The Morgan fingerprint density at radius 2 is 1.83 bits per heavy atom. The monoisotopic (exact) mass is 577 g/mol. The van der Waals surface area contributed by atoms with E-state index in [1.165, 1.54) is 35.2 Å². The van der Waals surface area contributed by atoms with Gasteiger partial charge in [-0.05, 0) is 67.4 Å². The maximum Gasteiger partial charge on any atom is 0.415 e. The summed E-state index contributed by atoms with van der Waals surface area (Å²) in [6, 6.07) is 15.8. The average molecular weight is 578 g/mol. The largest absolute Gasteiger partial charge is 0.415 e. The van der Waals surface area contributed by atoms with Gasteiger partial charge in [-0.3, -0.25) is 4.79 Å². The second kappa shape index (κ2) is 12.5. The minimum absolute atomic E-state index is 0.119. The molecule has 2 aliphatic rings. The molecule has 0 radical (unpaired) electrons. The predicted octanol–water partition coefficient (Wildman–Crippen LogP) is 4.98. The first kappa shape index (κ1) is 28.9. The second-order valence-electron chi connectivity index (χ2n) is 10.5. The summed E-state index contributed by atoms with van der Waals surface area (Å²) in [5.41, 5.74) is 0.434. The molecule has 2 amide bonds. The molecule has 2 aliphatic heterocycles. The highest BCUT2D eigenvalue weighted by Crippen LogP contribution is 2.36. The highest BCUT2D eigenvalue weighted by molar-refractivity contribution is 5.81. The number of piperidine rings is 1. The van der Waals surface area contributed by atoms with Crippen LogP contribution < -0.4 is 9.64 Å². The van der Waals surface area contributed by atoms with Crippen molar-refractivity contribution in [2.75, 3.05) is 37.6 Å². The van der Waals surface area contributed by atoms with Gasteiger partial charge >= 0.3 is 6.09 Å². The van der Waals surface area contributed by atoms with E-state index < -0.39 is 47.3 Å². The lowest BCUT2D eigenvalue weighted by Crippen LogP contribution is -2.49. The fourth-order valence-electron chi connectivity index (χ4n) is 5.88. The highest BCUT2D eigenvalue weighted by atomic mass is 19.2. The second-order valence-corrected chi connectivity index (χ2v) is 10.5. The number of benzene rings is 2. The summed E-state index contributed by atoms with van der Waals surface area (Å²) < 4.78 is 47.0.